The van der Waals surface area contributed by atoms with Gasteiger partial charge in [-0.1, -0.05) is 12.1 Å². The molecular formula is C14H20N4O. The van der Waals surface area contributed by atoms with E-state index < -0.39 is 5.54 Å². The van der Waals surface area contributed by atoms with Crippen molar-refractivity contribution < 1.29 is 4.74 Å². The third kappa shape index (κ3) is 2.93. The van der Waals surface area contributed by atoms with Crippen LogP contribution in [0.4, 0.5) is 0 Å². The zero-order chi connectivity index (χ0) is 13.9. The molecule has 1 aromatic heterocycles. The Bertz CT molecular complexity index is 548. The number of nitrogens with two attached hydrogens (primary N) is 1. The number of methoxy groups -OCH3 is 1. The van der Waals surface area contributed by atoms with Gasteiger partial charge in [0.25, 0.3) is 0 Å². The summed E-state index contributed by atoms with van der Waals surface area (Å²) in [6, 6.07) is 7.83. The van der Waals surface area contributed by atoms with E-state index in [9.17, 15) is 0 Å². The predicted octanol–water partition coefficient (Wildman–Crippen LogP) is 1.72. The summed E-state index contributed by atoms with van der Waals surface area (Å²) < 4.78 is 7.11. The van der Waals surface area contributed by atoms with Gasteiger partial charge in [0.05, 0.1) is 7.11 Å². The quantitative estimate of drug-likeness (QED) is 0.889. The molecule has 0 fully saturated rings. The molecule has 0 aliphatic carbocycles. The normalized spacial score (nSPS) is 14.1. The predicted molar refractivity (Wildman–Crippen MR) is 73.9 cm³/mol. The highest BCUT2D eigenvalue weighted by Gasteiger charge is 2.24. The first-order valence-corrected chi connectivity index (χ1v) is 6.37. The van der Waals surface area contributed by atoms with E-state index in [0.29, 0.717) is 6.42 Å². The molecule has 1 atom stereocenters. The number of aryl methyl sites for hydroxylation is 1. The molecule has 0 aliphatic rings. The van der Waals surface area contributed by atoms with Crippen molar-refractivity contribution in [3.05, 3.63) is 42.0 Å². The highest BCUT2D eigenvalue weighted by Crippen LogP contribution is 2.25. The third-order valence-electron chi connectivity index (χ3n) is 3.25. The molecule has 0 radical (unpaired) electrons. The number of hydrogen-bond donors (Lipinski definition) is 1. The van der Waals surface area contributed by atoms with Crippen LogP contribution in [0.1, 0.15) is 25.2 Å². The first-order valence-electron chi connectivity index (χ1n) is 6.37. The lowest BCUT2D eigenvalue weighted by atomic mass is 9.89. The Morgan fingerprint density at radius 3 is 2.89 bits per heavy atom. The van der Waals surface area contributed by atoms with E-state index >= 15 is 0 Å². The Hall–Kier alpha value is -1.88. The van der Waals surface area contributed by atoms with Crippen LogP contribution in [0.3, 0.4) is 0 Å². The highest BCUT2D eigenvalue weighted by molar-refractivity contribution is 5.33. The van der Waals surface area contributed by atoms with Crippen LogP contribution >= 0.6 is 0 Å². The molecule has 1 aromatic carbocycles. The van der Waals surface area contributed by atoms with E-state index in [1.807, 2.05) is 42.8 Å². The van der Waals surface area contributed by atoms with Gasteiger partial charge in [-0.3, -0.25) is 4.68 Å². The van der Waals surface area contributed by atoms with Gasteiger partial charge in [0.15, 0.2) is 0 Å². The summed E-state index contributed by atoms with van der Waals surface area (Å²) in [7, 11) is 1.65. The van der Waals surface area contributed by atoms with Gasteiger partial charge >= 0.3 is 0 Å². The summed E-state index contributed by atoms with van der Waals surface area (Å²) in [5, 5.41) is 4.17. The highest BCUT2D eigenvalue weighted by atomic mass is 16.5. The first-order chi connectivity index (χ1) is 9.06. The fraction of sp³-hybridized carbons (Fsp3) is 0.429. The molecule has 1 unspecified atom stereocenters. The second kappa shape index (κ2) is 5.40. The molecule has 0 saturated carbocycles. The van der Waals surface area contributed by atoms with E-state index in [-0.39, 0.29) is 0 Å². The number of nitrogens with zero attached hydrogens (tertiary/aromatic N) is 3. The number of rotatable bonds is 5. The fourth-order valence-electron chi connectivity index (χ4n) is 2.10. The van der Waals surface area contributed by atoms with Crippen molar-refractivity contribution in [2.45, 2.75) is 32.4 Å². The van der Waals surface area contributed by atoms with E-state index in [1.54, 1.807) is 13.4 Å². The molecule has 0 spiro atoms. The lowest BCUT2D eigenvalue weighted by molar-refractivity contribution is 0.408. The van der Waals surface area contributed by atoms with Crippen molar-refractivity contribution in [1.82, 2.24) is 14.8 Å². The zero-order valence-electron chi connectivity index (χ0n) is 11.6. The van der Waals surface area contributed by atoms with Crippen molar-refractivity contribution >= 4 is 0 Å². The molecule has 2 aromatic rings. The summed E-state index contributed by atoms with van der Waals surface area (Å²) >= 11 is 0. The van der Waals surface area contributed by atoms with E-state index in [0.717, 1.165) is 23.7 Å². The third-order valence-corrected chi connectivity index (χ3v) is 3.25. The number of aromatic nitrogens is 3. The molecule has 5 nitrogen and oxygen atoms in total. The van der Waals surface area contributed by atoms with Crippen LogP contribution in [0.5, 0.6) is 5.75 Å². The smallest absolute Gasteiger partial charge is 0.138 e. The van der Waals surface area contributed by atoms with Gasteiger partial charge in [0, 0.05) is 18.5 Å². The van der Waals surface area contributed by atoms with Crippen LogP contribution in [-0.2, 0) is 18.5 Å². The lowest BCUT2D eigenvalue weighted by Crippen LogP contribution is -2.36. The summed E-state index contributed by atoms with van der Waals surface area (Å²) in [5.41, 5.74) is 6.96. The average Bonchev–Trinajstić information content (AvgIpc) is 2.85. The molecule has 5 heteroatoms. The monoisotopic (exact) mass is 260 g/mol. The molecule has 1 heterocycles. The van der Waals surface area contributed by atoms with Crippen molar-refractivity contribution in [3.63, 3.8) is 0 Å². The topological polar surface area (TPSA) is 66.0 Å². The average molecular weight is 260 g/mol. The second-order valence-corrected chi connectivity index (χ2v) is 4.82. The van der Waals surface area contributed by atoms with Crippen LogP contribution < -0.4 is 10.5 Å². The maximum atomic E-state index is 6.44. The molecule has 19 heavy (non-hydrogen) atoms. The van der Waals surface area contributed by atoms with Gasteiger partial charge in [0.2, 0.25) is 0 Å². The second-order valence-electron chi connectivity index (χ2n) is 4.82. The van der Waals surface area contributed by atoms with Crippen molar-refractivity contribution in [2.75, 3.05) is 7.11 Å². The molecule has 0 saturated heterocycles. The summed E-state index contributed by atoms with van der Waals surface area (Å²) in [5.74, 6) is 1.71. The maximum Gasteiger partial charge on any atom is 0.138 e. The van der Waals surface area contributed by atoms with E-state index in [2.05, 4.69) is 10.1 Å². The largest absolute Gasteiger partial charge is 0.497 e. The van der Waals surface area contributed by atoms with Crippen LogP contribution in [0, 0.1) is 0 Å². The number of benzene rings is 1. The lowest BCUT2D eigenvalue weighted by Gasteiger charge is -2.25. The Morgan fingerprint density at radius 1 is 1.42 bits per heavy atom. The van der Waals surface area contributed by atoms with Gasteiger partial charge in [-0.25, -0.2) is 4.98 Å². The Labute approximate surface area is 113 Å². The first kappa shape index (κ1) is 13.5. The van der Waals surface area contributed by atoms with Gasteiger partial charge in [-0.05, 0) is 31.5 Å². The number of hydrogen-bond acceptors (Lipinski definition) is 4. The zero-order valence-corrected chi connectivity index (χ0v) is 11.6. The van der Waals surface area contributed by atoms with Gasteiger partial charge in [-0.15, -0.1) is 0 Å². The molecular weight excluding hydrogens is 240 g/mol. The number of ether oxygens (including phenoxy) is 1. The van der Waals surface area contributed by atoms with Gasteiger partial charge in [-0.2, -0.15) is 5.10 Å². The van der Waals surface area contributed by atoms with E-state index in [4.69, 9.17) is 10.5 Å². The molecule has 102 valence electrons. The van der Waals surface area contributed by atoms with Gasteiger partial charge < -0.3 is 10.5 Å². The fourth-order valence-corrected chi connectivity index (χ4v) is 2.10. The summed E-state index contributed by atoms with van der Waals surface area (Å²) in [4.78, 5) is 4.28. The maximum absolute atomic E-state index is 6.44. The summed E-state index contributed by atoms with van der Waals surface area (Å²) in [6.07, 6.45) is 2.20. The van der Waals surface area contributed by atoms with Crippen LogP contribution in [0.2, 0.25) is 0 Å². The minimum Gasteiger partial charge on any atom is -0.497 e. The SMILES string of the molecule is CCn1ncnc1CC(C)(N)c1cccc(OC)c1. The summed E-state index contributed by atoms with van der Waals surface area (Å²) in [6.45, 7) is 4.83. The minimum absolute atomic E-state index is 0.505. The Balaban J connectivity index is 2.26. The molecule has 0 amide bonds. The van der Waals surface area contributed by atoms with Crippen molar-refractivity contribution in [1.29, 1.82) is 0 Å². The Kier molecular flexibility index (Phi) is 3.85. The van der Waals surface area contributed by atoms with Gasteiger partial charge in [0.1, 0.15) is 17.9 Å². The van der Waals surface area contributed by atoms with Crippen molar-refractivity contribution in [3.8, 4) is 5.75 Å². The molecule has 0 bridgehead atoms. The standard InChI is InChI=1S/C14H20N4O/c1-4-18-13(16-10-17-18)9-14(2,15)11-6-5-7-12(8-11)19-3/h5-8,10H,4,9,15H2,1-3H3. The molecule has 2 N–H and O–H groups in total. The molecule has 0 aliphatic heterocycles. The van der Waals surface area contributed by atoms with Crippen LogP contribution in [0.25, 0.3) is 0 Å². The minimum atomic E-state index is -0.505. The van der Waals surface area contributed by atoms with E-state index in [1.165, 1.54) is 0 Å². The molecule has 2 rings (SSSR count). The van der Waals surface area contributed by atoms with Crippen LogP contribution in [-0.4, -0.2) is 21.9 Å². The van der Waals surface area contributed by atoms with Crippen LogP contribution in [0.15, 0.2) is 30.6 Å². The van der Waals surface area contributed by atoms with Crippen molar-refractivity contribution in [2.24, 2.45) is 5.73 Å². The Morgan fingerprint density at radius 2 is 2.21 bits per heavy atom.